The maximum absolute atomic E-state index is 9.37. The van der Waals surface area contributed by atoms with Gasteiger partial charge < -0.3 is 19.6 Å². The first-order valence-corrected chi connectivity index (χ1v) is 12.2. The Labute approximate surface area is 196 Å². The summed E-state index contributed by atoms with van der Waals surface area (Å²) in [6.07, 6.45) is 5.82. The Hall–Kier alpha value is -2.86. The number of para-hydroxylation sites is 1. The van der Waals surface area contributed by atoms with Gasteiger partial charge in [-0.25, -0.2) is 9.97 Å². The monoisotopic (exact) mass is 446 g/mol. The Morgan fingerprint density at radius 2 is 1.82 bits per heavy atom. The number of aliphatic hydroxyl groups is 1. The number of aliphatic hydroxyl groups excluding tert-OH is 1. The third-order valence-corrected chi connectivity index (χ3v) is 7.40. The number of likely N-dealkylation sites (N-methyl/N-ethyl adjacent to an activating group) is 1. The Morgan fingerprint density at radius 1 is 1.03 bits per heavy atom. The SMILES string of the molecule is COc1ccccc1C1CCN(c2nc(C3CCC3)nc3ccc(N(C)CCO)cc23)CC1. The van der Waals surface area contributed by atoms with Crippen molar-refractivity contribution in [1.82, 2.24) is 9.97 Å². The molecule has 1 aliphatic carbocycles. The minimum absolute atomic E-state index is 0.134. The van der Waals surface area contributed by atoms with E-state index in [0.717, 1.165) is 59.9 Å². The van der Waals surface area contributed by atoms with E-state index in [2.05, 4.69) is 46.2 Å². The molecule has 3 aromatic rings. The maximum atomic E-state index is 9.37. The van der Waals surface area contributed by atoms with Crippen molar-refractivity contribution in [1.29, 1.82) is 0 Å². The first kappa shape index (κ1) is 22.0. The lowest BCUT2D eigenvalue weighted by atomic mass is 9.84. The third-order valence-electron chi connectivity index (χ3n) is 7.40. The van der Waals surface area contributed by atoms with E-state index in [0.29, 0.717) is 18.4 Å². The summed E-state index contributed by atoms with van der Waals surface area (Å²) in [4.78, 5) is 14.6. The second kappa shape index (κ2) is 9.56. The number of benzene rings is 2. The van der Waals surface area contributed by atoms with Crippen LogP contribution in [-0.4, -0.2) is 55.5 Å². The first-order chi connectivity index (χ1) is 16.2. The van der Waals surface area contributed by atoms with Crippen LogP contribution in [0.5, 0.6) is 5.75 Å². The van der Waals surface area contributed by atoms with E-state index in [-0.39, 0.29) is 6.61 Å². The fourth-order valence-corrected chi connectivity index (χ4v) is 5.13. The third kappa shape index (κ3) is 4.36. The lowest BCUT2D eigenvalue weighted by molar-refractivity contribution is 0.304. The van der Waals surface area contributed by atoms with Gasteiger partial charge in [0.05, 0.1) is 19.2 Å². The molecule has 33 heavy (non-hydrogen) atoms. The van der Waals surface area contributed by atoms with Gasteiger partial charge in [0.15, 0.2) is 0 Å². The maximum Gasteiger partial charge on any atom is 0.140 e. The number of anilines is 2. The molecule has 1 saturated carbocycles. The van der Waals surface area contributed by atoms with Gasteiger partial charge in [-0.1, -0.05) is 24.6 Å². The van der Waals surface area contributed by atoms with E-state index in [1.54, 1.807) is 7.11 Å². The summed E-state index contributed by atoms with van der Waals surface area (Å²) in [5, 5.41) is 10.5. The van der Waals surface area contributed by atoms with Crippen molar-refractivity contribution < 1.29 is 9.84 Å². The van der Waals surface area contributed by atoms with Crippen molar-refractivity contribution in [2.75, 3.05) is 50.2 Å². The Bertz CT molecular complexity index is 1110. The molecule has 1 aliphatic heterocycles. The molecule has 1 aromatic heterocycles. The standard InChI is InChI=1S/C27H34N4O2/c1-30(16-17-32)21-10-11-24-23(18-21)27(29-26(28-24)20-6-5-7-20)31-14-12-19(13-15-31)22-8-3-4-9-25(22)33-2/h3-4,8-11,18-20,32H,5-7,12-17H2,1-2H3. The minimum Gasteiger partial charge on any atom is -0.496 e. The van der Waals surface area contributed by atoms with Crippen molar-refractivity contribution in [3.8, 4) is 5.75 Å². The number of hydrogen-bond donors (Lipinski definition) is 1. The molecule has 0 atom stereocenters. The van der Waals surface area contributed by atoms with E-state index in [1.807, 2.05) is 13.1 Å². The summed E-state index contributed by atoms with van der Waals surface area (Å²) in [5.41, 5.74) is 3.42. The number of ether oxygens (including phenoxy) is 1. The quantitative estimate of drug-likeness (QED) is 0.567. The second-order valence-electron chi connectivity index (χ2n) is 9.38. The van der Waals surface area contributed by atoms with Crippen LogP contribution in [0, 0.1) is 0 Å². The van der Waals surface area contributed by atoms with Crippen LogP contribution in [0.3, 0.4) is 0 Å². The fraction of sp³-hybridized carbons (Fsp3) is 0.481. The average Bonchev–Trinajstić information content (AvgIpc) is 2.82. The van der Waals surface area contributed by atoms with E-state index in [4.69, 9.17) is 14.7 Å². The summed E-state index contributed by atoms with van der Waals surface area (Å²) in [7, 11) is 3.77. The molecule has 2 heterocycles. The topological polar surface area (TPSA) is 61.7 Å². The van der Waals surface area contributed by atoms with Gasteiger partial charge in [-0.2, -0.15) is 0 Å². The molecule has 0 bridgehead atoms. The molecule has 6 heteroatoms. The van der Waals surface area contributed by atoms with Crippen LogP contribution in [0.25, 0.3) is 10.9 Å². The summed E-state index contributed by atoms with van der Waals surface area (Å²) < 4.78 is 5.63. The highest BCUT2D eigenvalue weighted by Crippen LogP contribution is 2.39. The lowest BCUT2D eigenvalue weighted by Gasteiger charge is -2.35. The highest BCUT2D eigenvalue weighted by molar-refractivity contribution is 5.92. The van der Waals surface area contributed by atoms with E-state index in [9.17, 15) is 5.11 Å². The van der Waals surface area contributed by atoms with Gasteiger partial charge in [0.2, 0.25) is 0 Å². The number of rotatable bonds is 7. The predicted octanol–water partition coefficient (Wildman–Crippen LogP) is 4.72. The van der Waals surface area contributed by atoms with Gasteiger partial charge in [0.25, 0.3) is 0 Å². The van der Waals surface area contributed by atoms with Crippen molar-refractivity contribution >= 4 is 22.4 Å². The zero-order valence-corrected chi connectivity index (χ0v) is 19.7. The molecule has 6 nitrogen and oxygen atoms in total. The van der Waals surface area contributed by atoms with Crippen LogP contribution in [0.15, 0.2) is 42.5 Å². The smallest absolute Gasteiger partial charge is 0.140 e. The highest BCUT2D eigenvalue weighted by atomic mass is 16.5. The van der Waals surface area contributed by atoms with Crippen LogP contribution < -0.4 is 14.5 Å². The highest BCUT2D eigenvalue weighted by Gasteiger charge is 2.28. The van der Waals surface area contributed by atoms with Crippen molar-refractivity contribution in [2.24, 2.45) is 0 Å². The molecule has 0 unspecified atom stereocenters. The number of fused-ring (bicyclic) bond motifs is 1. The average molecular weight is 447 g/mol. The van der Waals surface area contributed by atoms with Gasteiger partial charge in [0, 0.05) is 43.7 Å². The van der Waals surface area contributed by atoms with Crippen molar-refractivity contribution in [3.05, 3.63) is 53.9 Å². The zero-order chi connectivity index (χ0) is 22.8. The zero-order valence-electron chi connectivity index (χ0n) is 19.7. The largest absolute Gasteiger partial charge is 0.496 e. The van der Waals surface area contributed by atoms with Crippen LogP contribution in [0.1, 0.15) is 55.3 Å². The van der Waals surface area contributed by atoms with E-state index in [1.165, 1.54) is 24.8 Å². The van der Waals surface area contributed by atoms with Gasteiger partial charge in [-0.3, -0.25) is 0 Å². The van der Waals surface area contributed by atoms with Crippen LogP contribution >= 0.6 is 0 Å². The molecule has 1 N–H and O–H groups in total. The van der Waals surface area contributed by atoms with E-state index < -0.39 is 0 Å². The second-order valence-corrected chi connectivity index (χ2v) is 9.38. The minimum atomic E-state index is 0.134. The van der Waals surface area contributed by atoms with Gasteiger partial charge >= 0.3 is 0 Å². The summed E-state index contributed by atoms with van der Waals surface area (Å²) in [6.45, 7) is 2.67. The lowest BCUT2D eigenvalue weighted by Crippen LogP contribution is -2.34. The van der Waals surface area contributed by atoms with Crippen LogP contribution in [0.2, 0.25) is 0 Å². The van der Waals surface area contributed by atoms with Crippen molar-refractivity contribution in [3.63, 3.8) is 0 Å². The molecule has 2 aliphatic rings. The van der Waals surface area contributed by atoms with Gasteiger partial charge in [-0.05, 0) is 61.4 Å². The van der Waals surface area contributed by atoms with Crippen LogP contribution in [0.4, 0.5) is 11.5 Å². The van der Waals surface area contributed by atoms with Crippen molar-refractivity contribution in [2.45, 2.75) is 43.9 Å². The molecule has 2 aromatic carbocycles. The molecule has 0 amide bonds. The summed E-state index contributed by atoms with van der Waals surface area (Å²) in [6, 6.07) is 14.8. The molecule has 1 saturated heterocycles. The molecular formula is C27H34N4O2. The normalized spacial score (nSPS) is 17.2. The number of aromatic nitrogens is 2. The molecule has 0 radical (unpaired) electrons. The number of nitrogens with zero attached hydrogens (tertiary/aromatic N) is 4. The van der Waals surface area contributed by atoms with Crippen LogP contribution in [-0.2, 0) is 0 Å². The first-order valence-electron chi connectivity index (χ1n) is 12.2. The van der Waals surface area contributed by atoms with E-state index >= 15 is 0 Å². The number of hydrogen-bond acceptors (Lipinski definition) is 6. The van der Waals surface area contributed by atoms with Gasteiger partial charge in [0.1, 0.15) is 17.4 Å². The molecule has 2 fully saturated rings. The fourth-order valence-electron chi connectivity index (χ4n) is 5.13. The summed E-state index contributed by atoms with van der Waals surface area (Å²) >= 11 is 0. The molecule has 174 valence electrons. The molecule has 5 rings (SSSR count). The van der Waals surface area contributed by atoms with Gasteiger partial charge in [-0.15, -0.1) is 0 Å². The molecule has 0 spiro atoms. The summed E-state index contributed by atoms with van der Waals surface area (Å²) in [5.74, 6) is 4.07. The Morgan fingerprint density at radius 3 is 2.52 bits per heavy atom. The Balaban J connectivity index is 1.46. The Kier molecular flexibility index (Phi) is 6.36. The number of methoxy groups -OCH3 is 1. The molecular weight excluding hydrogens is 412 g/mol. The predicted molar refractivity (Wildman–Crippen MR) is 134 cm³/mol. The number of piperidine rings is 1.